The van der Waals surface area contributed by atoms with Crippen LogP contribution in [0.15, 0.2) is 12.7 Å². The van der Waals surface area contributed by atoms with Gasteiger partial charge < -0.3 is 14.8 Å². The van der Waals surface area contributed by atoms with Crippen LogP contribution >= 0.6 is 0 Å². The van der Waals surface area contributed by atoms with Gasteiger partial charge in [-0.3, -0.25) is 0 Å². The molecule has 0 aliphatic carbocycles. The highest BCUT2D eigenvalue weighted by Gasteiger charge is 2.25. The van der Waals surface area contributed by atoms with Crippen LogP contribution in [0.3, 0.4) is 0 Å². The van der Waals surface area contributed by atoms with E-state index in [1.54, 1.807) is 12.7 Å². The smallest absolute Gasteiger partial charge is 0.182 e. The van der Waals surface area contributed by atoms with Crippen molar-refractivity contribution in [3.8, 4) is 0 Å². The largest absolute Gasteiger partial charge is 0.354 e. The van der Waals surface area contributed by atoms with Crippen LogP contribution < -0.4 is 4.90 Å². The van der Waals surface area contributed by atoms with Crippen LogP contribution in [0.1, 0.15) is 13.3 Å². The molecule has 1 saturated heterocycles. The molecule has 6 heteroatoms. The predicted molar refractivity (Wildman–Crippen MR) is 75.2 cm³/mol. The molecule has 0 aromatic carbocycles. The standard InChI is InChI=1S/C13H20N6/c1-3-18(2)6-10-4-5-19(7-10)13-11-12(15-8-14-11)16-9-17-13/h8-10H,3-7H2,1-2H3,(H,14,15,16,17). The molecule has 0 bridgehead atoms. The summed E-state index contributed by atoms with van der Waals surface area (Å²) in [5, 5.41) is 0. The van der Waals surface area contributed by atoms with Crippen LogP contribution in [0.4, 0.5) is 5.82 Å². The molecule has 1 atom stereocenters. The Morgan fingerprint density at radius 3 is 3.16 bits per heavy atom. The summed E-state index contributed by atoms with van der Waals surface area (Å²) >= 11 is 0. The van der Waals surface area contributed by atoms with E-state index in [-0.39, 0.29) is 0 Å². The first-order valence-electron chi connectivity index (χ1n) is 6.85. The second-order valence-electron chi connectivity index (χ2n) is 5.25. The molecule has 1 aliphatic heterocycles. The second kappa shape index (κ2) is 5.13. The Kier molecular flexibility index (Phi) is 3.33. The van der Waals surface area contributed by atoms with Gasteiger partial charge in [0.1, 0.15) is 11.8 Å². The van der Waals surface area contributed by atoms with Gasteiger partial charge in [-0.2, -0.15) is 0 Å². The number of aromatic nitrogens is 4. The molecule has 19 heavy (non-hydrogen) atoms. The number of nitrogens with one attached hydrogen (secondary N) is 1. The lowest BCUT2D eigenvalue weighted by Crippen LogP contribution is -2.28. The third-order valence-corrected chi connectivity index (χ3v) is 3.90. The van der Waals surface area contributed by atoms with Crippen molar-refractivity contribution in [2.45, 2.75) is 13.3 Å². The van der Waals surface area contributed by atoms with Gasteiger partial charge in [-0.1, -0.05) is 6.92 Å². The van der Waals surface area contributed by atoms with E-state index in [2.05, 4.69) is 43.7 Å². The number of nitrogens with zero attached hydrogens (tertiary/aromatic N) is 5. The molecule has 2 aromatic rings. The lowest BCUT2D eigenvalue weighted by Gasteiger charge is -2.20. The summed E-state index contributed by atoms with van der Waals surface area (Å²) in [6.45, 7) is 6.59. The van der Waals surface area contributed by atoms with Crippen molar-refractivity contribution >= 4 is 17.0 Å². The molecule has 3 rings (SSSR count). The Morgan fingerprint density at radius 2 is 2.32 bits per heavy atom. The van der Waals surface area contributed by atoms with Crippen LogP contribution in [0.5, 0.6) is 0 Å². The van der Waals surface area contributed by atoms with Gasteiger partial charge in [0.05, 0.1) is 6.33 Å². The third kappa shape index (κ3) is 2.40. The van der Waals surface area contributed by atoms with Crippen molar-refractivity contribution in [3.63, 3.8) is 0 Å². The van der Waals surface area contributed by atoms with E-state index in [9.17, 15) is 0 Å². The zero-order valence-electron chi connectivity index (χ0n) is 11.5. The van der Waals surface area contributed by atoms with E-state index >= 15 is 0 Å². The predicted octanol–water partition coefficient (Wildman–Crippen LogP) is 1.13. The van der Waals surface area contributed by atoms with Gasteiger partial charge >= 0.3 is 0 Å². The summed E-state index contributed by atoms with van der Waals surface area (Å²) < 4.78 is 0. The first-order chi connectivity index (χ1) is 9.28. The van der Waals surface area contributed by atoms with Gasteiger partial charge in [-0.05, 0) is 25.9 Å². The summed E-state index contributed by atoms with van der Waals surface area (Å²) in [5.41, 5.74) is 1.70. The van der Waals surface area contributed by atoms with Crippen molar-refractivity contribution in [1.29, 1.82) is 0 Å². The van der Waals surface area contributed by atoms with E-state index in [4.69, 9.17) is 0 Å². The summed E-state index contributed by atoms with van der Waals surface area (Å²) in [4.78, 5) is 20.6. The van der Waals surface area contributed by atoms with Gasteiger partial charge in [0.25, 0.3) is 0 Å². The van der Waals surface area contributed by atoms with Crippen LogP contribution in [0.2, 0.25) is 0 Å². The fourth-order valence-electron chi connectivity index (χ4n) is 2.74. The van der Waals surface area contributed by atoms with Crippen LogP contribution in [0.25, 0.3) is 11.2 Å². The first kappa shape index (κ1) is 12.3. The minimum atomic E-state index is 0.720. The number of anilines is 1. The number of aromatic amines is 1. The average molecular weight is 260 g/mol. The van der Waals surface area contributed by atoms with Gasteiger partial charge in [0, 0.05) is 19.6 Å². The molecule has 6 nitrogen and oxygen atoms in total. The molecule has 1 N–H and O–H groups in total. The van der Waals surface area contributed by atoms with E-state index in [1.165, 1.54) is 6.42 Å². The highest BCUT2D eigenvalue weighted by atomic mass is 15.2. The van der Waals surface area contributed by atoms with E-state index in [1.807, 2.05) is 0 Å². The van der Waals surface area contributed by atoms with Crippen molar-refractivity contribution in [2.24, 2.45) is 5.92 Å². The van der Waals surface area contributed by atoms with Crippen molar-refractivity contribution < 1.29 is 0 Å². The number of hydrogen-bond donors (Lipinski definition) is 1. The maximum atomic E-state index is 4.42. The highest BCUT2D eigenvalue weighted by Crippen LogP contribution is 2.26. The average Bonchev–Trinajstić information content (AvgIpc) is 3.06. The Bertz CT molecular complexity index is 551. The van der Waals surface area contributed by atoms with Crippen LogP contribution in [-0.2, 0) is 0 Å². The monoisotopic (exact) mass is 260 g/mol. The quantitative estimate of drug-likeness (QED) is 0.893. The minimum absolute atomic E-state index is 0.720. The zero-order chi connectivity index (χ0) is 13.2. The van der Waals surface area contributed by atoms with E-state index in [0.717, 1.165) is 49.1 Å². The highest BCUT2D eigenvalue weighted by molar-refractivity contribution is 5.82. The molecule has 2 aromatic heterocycles. The molecule has 0 saturated carbocycles. The number of rotatable bonds is 4. The molecule has 1 aliphatic rings. The van der Waals surface area contributed by atoms with Crippen molar-refractivity contribution in [3.05, 3.63) is 12.7 Å². The van der Waals surface area contributed by atoms with E-state index in [0.29, 0.717) is 0 Å². The lowest BCUT2D eigenvalue weighted by molar-refractivity contribution is 0.300. The fourth-order valence-corrected chi connectivity index (χ4v) is 2.74. The summed E-state index contributed by atoms with van der Waals surface area (Å²) in [5.74, 6) is 1.71. The van der Waals surface area contributed by atoms with Crippen molar-refractivity contribution in [1.82, 2.24) is 24.8 Å². The molecule has 0 amide bonds. The van der Waals surface area contributed by atoms with Gasteiger partial charge in [-0.25, -0.2) is 15.0 Å². The molecule has 1 unspecified atom stereocenters. The molecule has 0 spiro atoms. The van der Waals surface area contributed by atoms with Gasteiger partial charge in [0.15, 0.2) is 11.5 Å². The zero-order valence-corrected chi connectivity index (χ0v) is 11.5. The summed E-state index contributed by atoms with van der Waals surface area (Å²) in [6.07, 6.45) is 4.51. The molecule has 0 radical (unpaired) electrons. The molecule has 3 heterocycles. The Labute approximate surface area is 112 Å². The number of fused-ring (bicyclic) bond motifs is 1. The van der Waals surface area contributed by atoms with Crippen LogP contribution in [-0.4, -0.2) is 58.1 Å². The molecular weight excluding hydrogens is 240 g/mol. The Morgan fingerprint density at radius 1 is 1.42 bits per heavy atom. The summed E-state index contributed by atoms with van der Waals surface area (Å²) in [6, 6.07) is 0. The number of H-pyrrole nitrogens is 1. The topological polar surface area (TPSA) is 60.9 Å². The Balaban J connectivity index is 1.76. The third-order valence-electron chi connectivity index (χ3n) is 3.90. The Hall–Kier alpha value is -1.69. The van der Waals surface area contributed by atoms with Gasteiger partial charge in [0.2, 0.25) is 0 Å². The number of imidazole rings is 1. The molecular formula is C13H20N6. The second-order valence-corrected chi connectivity index (χ2v) is 5.25. The van der Waals surface area contributed by atoms with E-state index < -0.39 is 0 Å². The lowest BCUT2D eigenvalue weighted by atomic mass is 10.1. The van der Waals surface area contributed by atoms with Crippen molar-refractivity contribution in [2.75, 3.05) is 38.1 Å². The summed E-state index contributed by atoms with van der Waals surface area (Å²) in [7, 11) is 2.18. The van der Waals surface area contributed by atoms with Gasteiger partial charge in [-0.15, -0.1) is 0 Å². The maximum Gasteiger partial charge on any atom is 0.182 e. The fraction of sp³-hybridized carbons (Fsp3) is 0.615. The van der Waals surface area contributed by atoms with Crippen LogP contribution in [0, 0.1) is 5.92 Å². The normalized spacial score (nSPS) is 19.7. The molecule has 102 valence electrons. The maximum absolute atomic E-state index is 4.42. The minimum Gasteiger partial charge on any atom is -0.354 e. The number of hydrogen-bond acceptors (Lipinski definition) is 5. The molecule has 1 fully saturated rings. The first-order valence-corrected chi connectivity index (χ1v) is 6.85. The SMILES string of the molecule is CCN(C)CC1CCN(c2ncnc3nc[nH]c23)C1.